The first-order valence-corrected chi connectivity index (χ1v) is 3.48. The molecular formula is C8H8N2O2. The Hall–Kier alpha value is -1.71. The molecule has 12 heavy (non-hydrogen) atoms. The van der Waals surface area contributed by atoms with E-state index in [2.05, 4.69) is 4.98 Å². The van der Waals surface area contributed by atoms with Gasteiger partial charge in [0.05, 0.1) is 4.92 Å². The van der Waals surface area contributed by atoms with Crippen LogP contribution in [0.2, 0.25) is 0 Å². The maximum Gasteiger partial charge on any atom is 0.294 e. The van der Waals surface area contributed by atoms with Crippen molar-refractivity contribution in [3.05, 3.63) is 40.2 Å². The predicted molar refractivity (Wildman–Crippen MR) is 45.6 cm³/mol. The third-order valence-corrected chi connectivity index (χ3v) is 1.34. The van der Waals surface area contributed by atoms with Gasteiger partial charge in [-0.1, -0.05) is 6.08 Å². The van der Waals surface area contributed by atoms with Crippen LogP contribution in [-0.2, 0) is 0 Å². The molecule has 0 saturated heterocycles. The first kappa shape index (κ1) is 8.39. The molecule has 1 rings (SSSR count). The zero-order valence-corrected chi connectivity index (χ0v) is 6.60. The highest BCUT2D eigenvalue weighted by Gasteiger charge is 2.09. The van der Waals surface area contributed by atoms with Crippen molar-refractivity contribution < 1.29 is 4.92 Å². The van der Waals surface area contributed by atoms with Crippen LogP contribution in [0.5, 0.6) is 0 Å². The second-order valence-corrected chi connectivity index (χ2v) is 2.16. The fourth-order valence-corrected chi connectivity index (χ4v) is 0.850. The third-order valence-electron chi connectivity index (χ3n) is 1.34. The van der Waals surface area contributed by atoms with E-state index >= 15 is 0 Å². The van der Waals surface area contributed by atoms with Crippen molar-refractivity contribution in [2.75, 3.05) is 0 Å². The summed E-state index contributed by atoms with van der Waals surface area (Å²) in [4.78, 5) is 13.8. The van der Waals surface area contributed by atoms with E-state index in [9.17, 15) is 10.1 Å². The minimum absolute atomic E-state index is 0.0376. The van der Waals surface area contributed by atoms with Gasteiger partial charge >= 0.3 is 0 Å². The van der Waals surface area contributed by atoms with Gasteiger partial charge in [-0.15, -0.1) is 0 Å². The average molecular weight is 164 g/mol. The van der Waals surface area contributed by atoms with E-state index in [-0.39, 0.29) is 5.69 Å². The van der Waals surface area contributed by atoms with Crippen molar-refractivity contribution in [1.82, 2.24) is 4.98 Å². The maximum atomic E-state index is 10.4. The number of nitro groups is 1. The Morgan fingerprint density at radius 1 is 1.67 bits per heavy atom. The Kier molecular flexibility index (Phi) is 2.53. The summed E-state index contributed by atoms with van der Waals surface area (Å²) in [5.41, 5.74) is 0.431. The van der Waals surface area contributed by atoms with Crippen molar-refractivity contribution in [2.24, 2.45) is 0 Å². The summed E-state index contributed by atoms with van der Waals surface area (Å²) in [6.45, 7) is 1.79. The van der Waals surface area contributed by atoms with E-state index < -0.39 is 4.92 Å². The molecule has 62 valence electrons. The molecule has 0 fully saturated rings. The van der Waals surface area contributed by atoms with Gasteiger partial charge in [0.25, 0.3) is 5.69 Å². The molecule has 0 aromatic carbocycles. The van der Waals surface area contributed by atoms with Gasteiger partial charge in [0, 0.05) is 12.3 Å². The zero-order valence-electron chi connectivity index (χ0n) is 6.60. The Balaban J connectivity index is 3.17. The Labute approximate surface area is 69.7 Å². The van der Waals surface area contributed by atoms with Crippen molar-refractivity contribution in [3.63, 3.8) is 0 Å². The molecule has 0 N–H and O–H groups in total. The number of nitrogens with zero attached hydrogens (tertiary/aromatic N) is 2. The molecule has 4 heteroatoms. The lowest BCUT2D eigenvalue weighted by Gasteiger charge is -1.93. The normalized spacial score (nSPS) is 10.4. The number of rotatable bonds is 2. The molecule has 0 spiro atoms. The van der Waals surface area contributed by atoms with Gasteiger partial charge in [-0.05, 0) is 19.1 Å². The van der Waals surface area contributed by atoms with E-state index in [0.29, 0.717) is 5.69 Å². The molecule has 0 atom stereocenters. The van der Waals surface area contributed by atoms with Crippen LogP contribution >= 0.6 is 0 Å². The predicted octanol–water partition coefficient (Wildman–Crippen LogP) is 2.02. The quantitative estimate of drug-likeness (QED) is 0.496. The summed E-state index contributed by atoms with van der Waals surface area (Å²) < 4.78 is 0. The molecule has 0 aliphatic heterocycles. The summed E-state index contributed by atoms with van der Waals surface area (Å²) in [6.07, 6.45) is 4.86. The van der Waals surface area contributed by atoms with Crippen LogP contribution in [0.25, 0.3) is 6.08 Å². The monoisotopic (exact) mass is 164 g/mol. The van der Waals surface area contributed by atoms with Gasteiger partial charge in [0.2, 0.25) is 0 Å². The Morgan fingerprint density at radius 2 is 2.42 bits per heavy atom. The lowest BCUT2D eigenvalue weighted by Crippen LogP contribution is -1.92. The fourth-order valence-electron chi connectivity index (χ4n) is 0.850. The summed E-state index contributed by atoms with van der Waals surface area (Å²) in [5.74, 6) is 0. The minimum Gasteiger partial charge on any atom is -0.258 e. The van der Waals surface area contributed by atoms with Crippen LogP contribution in [0.1, 0.15) is 12.6 Å². The first-order valence-electron chi connectivity index (χ1n) is 3.48. The Bertz CT molecular complexity index is 321. The molecule has 1 aromatic rings. The summed E-state index contributed by atoms with van der Waals surface area (Å²) >= 11 is 0. The molecule has 0 bridgehead atoms. The van der Waals surface area contributed by atoms with Gasteiger partial charge in [0.15, 0.2) is 0 Å². The number of hydrogen-bond acceptors (Lipinski definition) is 3. The number of allylic oxidation sites excluding steroid dienone is 1. The van der Waals surface area contributed by atoms with Gasteiger partial charge < -0.3 is 0 Å². The summed E-state index contributed by atoms with van der Waals surface area (Å²) in [5, 5.41) is 10.4. The second-order valence-electron chi connectivity index (χ2n) is 2.16. The van der Waals surface area contributed by atoms with E-state index in [4.69, 9.17) is 0 Å². The van der Waals surface area contributed by atoms with Crippen LogP contribution in [0.4, 0.5) is 5.69 Å². The Morgan fingerprint density at radius 3 is 3.00 bits per heavy atom. The molecule has 0 radical (unpaired) electrons. The summed E-state index contributed by atoms with van der Waals surface area (Å²) in [6, 6.07) is 2.98. The molecule has 0 unspecified atom stereocenters. The molecule has 0 saturated carbocycles. The molecule has 0 aliphatic rings. The maximum absolute atomic E-state index is 10.4. The van der Waals surface area contributed by atoms with E-state index in [1.807, 2.05) is 0 Å². The van der Waals surface area contributed by atoms with Crippen molar-refractivity contribution in [2.45, 2.75) is 6.92 Å². The number of hydrogen-bond donors (Lipinski definition) is 0. The molecular weight excluding hydrogens is 156 g/mol. The second kappa shape index (κ2) is 3.61. The molecule has 4 nitrogen and oxygen atoms in total. The van der Waals surface area contributed by atoms with Crippen molar-refractivity contribution in [3.8, 4) is 0 Å². The van der Waals surface area contributed by atoms with Crippen LogP contribution in [0.3, 0.4) is 0 Å². The first-order chi connectivity index (χ1) is 5.75. The highest BCUT2D eigenvalue weighted by atomic mass is 16.6. The third kappa shape index (κ3) is 1.66. The van der Waals surface area contributed by atoms with Crippen LogP contribution in [-0.4, -0.2) is 9.91 Å². The van der Waals surface area contributed by atoms with Gasteiger partial charge in [-0.3, -0.25) is 10.1 Å². The molecule has 0 aliphatic carbocycles. The number of aromatic nitrogens is 1. The highest BCUT2D eigenvalue weighted by molar-refractivity contribution is 5.55. The average Bonchev–Trinajstić information content (AvgIpc) is 2.05. The van der Waals surface area contributed by atoms with Gasteiger partial charge in [-0.25, -0.2) is 4.98 Å². The topological polar surface area (TPSA) is 56.0 Å². The standard InChI is InChI=1S/C8H8N2O2/c1-2-4-7-8(10(11)12)5-3-6-9-7/h2-6H,1H3. The van der Waals surface area contributed by atoms with Crippen molar-refractivity contribution >= 4 is 11.8 Å². The van der Waals surface area contributed by atoms with Crippen LogP contribution < -0.4 is 0 Å². The minimum atomic E-state index is -0.442. The molecule has 0 amide bonds. The van der Waals surface area contributed by atoms with Crippen LogP contribution in [0, 0.1) is 10.1 Å². The van der Waals surface area contributed by atoms with E-state index in [0.717, 1.165) is 0 Å². The molecule has 1 heterocycles. The lowest BCUT2D eigenvalue weighted by atomic mass is 10.3. The highest BCUT2D eigenvalue weighted by Crippen LogP contribution is 2.15. The zero-order chi connectivity index (χ0) is 8.97. The van der Waals surface area contributed by atoms with Crippen molar-refractivity contribution in [1.29, 1.82) is 0 Å². The SMILES string of the molecule is CC=Cc1ncccc1[N+](=O)[O-]. The summed E-state index contributed by atoms with van der Waals surface area (Å²) in [7, 11) is 0. The van der Waals surface area contributed by atoms with E-state index in [1.165, 1.54) is 12.3 Å². The lowest BCUT2D eigenvalue weighted by molar-refractivity contribution is -0.385. The smallest absolute Gasteiger partial charge is 0.258 e. The van der Waals surface area contributed by atoms with E-state index in [1.54, 1.807) is 25.1 Å². The van der Waals surface area contributed by atoms with Gasteiger partial charge in [-0.2, -0.15) is 0 Å². The number of pyridine rings is 1. The fraction of sp³-hybridized carbons (Fsp3) is 0.125. The largest absolute Gasteiger partial charge is 0.294 e. The van der Waals surface area contributed by atoms with Gasteiger partial charge in [0.1, 0.15) is 5.69 Å². The van der Waals surface area contributed by atoms with Crippen LogP contribution in [0.15, 0.2) is 24.4 Å². The molecule has 1 aromatic heterocycles.